The summed E-state index contributed by atoms with van der Waals surface area (Å²) in [5.41, 5.74) is 5.50. The van der Waals surface area contributed by atoms with Crippen LogP contribution in [0.25, 0.3) is 0 Å². The van der Waals surface area contributed by atoms with Crippen molar-refractivity contribution >= 4 is 17.2 Å². The van der Waals surface area contributed by atoms with Gasteiger partial charge in [0.05, 0.1) is 0 Å². The highest BCUT2D eigenvalue weighted by Gasteiger charge is 1.96. The molecule has 0 amide bonds. The molecular formula is C9H11N3S. The van der Waals surface area contributed by atoms with E-state index in [1.165, 1.54) is 4.88 Å². The molecule has 2 aromatic heterocycles. The van der Waals surface area contributed by atoms with Gasteiger partial charge >= 0.3 is 0 Å². The lowest BCUT2D eigenvalue weighted by atomic mass is 10.3. The van der Waals surface area contributed by atoms with E-state index in [2.05, 4.69) is 22.6 Å². The van der Waals surface area contributed by atoms with Crippen LogP contribution in [0.2, 0.25) is 0 Å². The van der Waals surface area contributed by atoms with Gasteiger partial charge in [0.1, 0.15) is 5.82 Å². The summed E-state index contributed by atoms with van der Waals surface area (Å²) in [7, 11) is 0. The van der Waals surface area contributed by atoms with Crippen LogP contribution in [0.15, 0.2) is 29.8 Å². The van der Waals surface area contributed by atoms with Gasteiger partial charge in [-0.15, -0.1) is 11.3 Å². The largest absolute Gasteiger partial charge is 0.382 e. The van der Waals surface area contributed by atoms with E-state index in [1.54, 1.807) is 11.3 Å². The Kier molecular flexibility index (Phi) is 2.31. The number of aromatic nitrogens is 2. The molecule has 0 atom stereocenters. The average molecular weight is 193 g/mol. The Labute approximate surface area is 80.8 Å². The maximum atomic E-state index is 5.50. The number of nitrogen functional groups attached to an aromatic ring is 1. The third-order valence-electron chi connectivity index (χ3n) is 1.83. The second-order valence-corrected chi connectivity index (χ2v) is 3.87. The van der Waals surface area contributed by atoms with Crippen molar-refractivity contribution in [3.63, 3.8) is 0 Å². The molecule has 4 heteroatoms. The number of nitrogens with two attached hydrogens (primary N) is 1. The van der Waals surface area contributed by atoms with Gasteiger partial charge < -0.3 is 5.73 Å². The molecule has 0 unspecified atom stereocenters. The van der Waals surface area contributed by atoms with Crippen molar-refractivity contribution < 1.29 is 0 Å². The predicted octanol–water partition coefficient (Wildman–Crippen LogP) is 1.77. The first-order valence-corrected chi connectivity index (χ1v) is 5.04. The third kappa shape index (κ3) is 2.09. The highest BCUT2D eigenvalue weighted by molar-refractivity contribution is 7.09. The Morgan fingerprint density at radius 1 is 1.46 bits per heavy atom. The first-order valence-electron chi connectivity index (χ1n) is 4.16. The van der Waals surface area contributed by atoms with Gasteiger partial charge in [0.25, 0.3) is 0 Å². The van der Waals surface area contributed by atoms with E-state index in [9.17, 15) is 0 Å². The molecule has 0 saturated heterocycles. The van der Waals surface area contributed by atoms with Crippen LogP contribution in [-0.2, 0) is 13.0 Å². The molecule has 3 nitrogen and oxygen atoms in total. The highest BCUT2D eigenvalue weighted by Crippen LogP contribution is 2.10. The normalized spacial score (nSPS) is 10.5. The Balaban J connectivity index is 1.93. The lowest BCUT2D eigenvalue weighted by Gasteiger charge is -1.98. The van der Waals surface area contributed by atoms with E-state index in [0.29, 0.717) is 5.82 Å². The molecule has 68 valence electrons. The zero-order valence-corrected chi connectivity index (χ0v) is 8.00. The summed E-state index contributed by atoms with van der Waals surface area (Å²) < 4.78 is 1.87. The zero-order chi connectivity index (χ0) is 9.10. The summed E-state index contributed by atoms with van der Waals surface area (Å²) in [6.45, 7) is 0.901. The van der Waals surface area contributed by atoms with Crippen LogP contribution in [0.3, 0.4) is 0 Å². The number of aryl methyl sites for hydroxylation is 2. The van der Waals surface area contributed by atoms with Crippen molar-refractivity contribution in [2.24, 2.45) is 0 Å². The van der Waals surface area contributed by atoms with Crippen LogP contribution in [-0.4, -0.2) is 9.78 Å². The molecule has 2 heterocycles. The molecule has 0 spiro atoms. The first kappa shape index (κ1) is 8.31. The second-order valence-electron chi connectivity index (χ2n) is 2.83. The quantitative estimate of drug-likeness (QED) is 0.807. The lowest BCUT2D eigenvalue weighted by Crippen LogP contribution is -2.01. The fourth-order valence-corrected chi connectivity index (χ4v) is 1.88. The number of nitrogens with zero attached hydrogens (tertiary/aromatic N) is 2. The Hall–Kier alpha value is -1.29. The third-order valence-corrected chi connectivity index (χ3v) is 2.76. The predicted molar refractivity (Wildman–Crippen MR) is 54.7 cm³/mol. The molecule has 0 aliphatic carbocycles. The minimum atomic E-state index is 0.589. The van der Waals surface area contributed by atoms with Crippen LogP contribution < -0.4 is 5.73 Å². The summed E-state index contributed by atoms with van der Waals surface area (Å²) in [4.78, 5) is 1.38. The standard InChI is InChI=1S/C9H11N3S/c10-9-4-6-12(11-9)5-3-8-2-1-7-13-8/h1-2,4,6-7H,3,5H2,(H2,10,11). The topological polar surface area (TPSA) is 43.8 Å². The molecule has 0 aliphatic heterocycles. The summed E-state index contributed by atoms with van der Waals surface area (Å²) in [5, 5.41) is 6.20. The van der Waals surface area contributed by atoms with Crippen LogP contribution >= 0.6 is 11.3 Å². The second kappa shape index (κ2) is 3.62. The average Bonchev–Trinajstić information content (AvgIpc) is 2.71. The SMILES string of the molecule is Nc1ccn(CCc2cccs2)n1. The molecule has 13 heavy (non-hydrogen) atoms. The Morgan fingerprint density at radius 3 is 3.00 bits per heavy atom. The van der Waals surface area contributed by atoms with Crippen molar-refractivity contribution in [2.75, 3.05) is 5.73 Å². The van der Waals surface area contributed by atoms with E-state index >= 15 is 0 Å². The summed E-state index contributed by atoms with van der Waals surface area (Å²) in [5.74, 6) is 0.589. The molecule has 0 aliphatic rings. The van der Waals surface area contributed by atoms with Crippen molar-refractivity contribution in [3.05, 3.63) is 34.7 Å². The van der Waals surface area contributed by atoms with Gasteiger partial charge in [0, 0.05) is 24.0 Å². The number of hydrogen-bond acceptors (Lipinski definition) is 3. The molecule has 0 radical (unpaired) electrons. The molecule has 0 saturated carbocycles. The Bertz CT molecular complexity index is 364. The Morgan fingerprint density at radius 2 is 2.38 bits per heavy atom. The van der Waals surface area contributed by atoms with Gasteiger partial charge in [-0.25, -0.2) is 0 Å². The summed E-state index contributed by atoms with van der Waals surface area (Å²) in [6, 6.07) is 6.02. The van der Waals surface area contributed by atoms with Gasteiger partial charge in [-0.2, -0.15) is 5.10 Å². The minimum Gasteiger partial charge on any atom is -0.382 e. The van der Waals surface area contributed by atoms with Crippen molar-refractivity contribution in [1.29, 1.82) is 0 Å². The lowest BCUT2D eigenvalue weighted by molar-refractivity contribution is 0.621. The van der Waals surface area contributed by atoms with E-state index in [1.807, 2.05) is 16.9 Å². The fourth-order valence-electron chi connectivity index (χ4n) is 1.18. The van der Waals surface area contributed by atoms with E-state index < -0.39 is 0 Å². The summed E-state index contributed by atoms with van der Waals surface area (Å²) >= 11 is 1.78. The molecule has 0 fully saturated rings. The number of hydrogen-bond donors (Lipinski definition) is 1. The maximum Gasteiger partial charge on any atom is 0.145 e. The van der Waals surface area contributed by atoms with E-state index in [4.69, 9.17) is 5.73 Å². The number of thiophene rings is 1. The molecular weight excluding hydrogens is 182 g/mol. The molecule has 2 aromatic rings. The van der Waals surface area contributed by atoms with E-state index in [0.717, 1.165) is 13.0 Å². The number of rotatable bonds is 3. The number of anilines is 1. The van der Waals surface area contributed by atoms with Crippen LogP contribution in [0, 0.1) is 0 Å². The monoisotopic (exact) mass is 193 g/mol. The molecule has 0 aromatic carbocycles. The smallest absolute Gasteiger partial charge is 0.145 e. The minimum absolute atomic E-state index is 0.589. The van der Waals surface area contributed by atoms with Gasteiger partial charge in [-0.1, -0.05) is 6.07 Å². The van der Waals surface area contributed by atoms with Gasteiger partial charge in [-0.3, -0.25) is 4.68 Å². The molecule has 0 bridgehead atoms. The maximum absolute atomic E-state index is 5.50. The van der Waals surface area contributed by atoms with Gasteiger partial charge in [0.2, 0.25) is 0 Å². The molecule has 2 N–H and O–H groups in total. The van der Waals surface area contributed by atoms with Crippen LogP contribution in [0.1, 0.15) is 4.88 Å². The van der Waals surface area contributed by atoms with Gasteiger partial charge in [0.15, 0.2) is 0 Å². The van der Waals surface area contributed by atoms with Crippen molar-refractivity contribution in [1.82, 2.24) is 9.78 Å². The van der Waals surface area contributed by atoms with Gasteiger partial charge in [-0.05, 0) is 17.5 Å². The fraction of sp³-hybridized carbons (Fsp3) is 0.222. The van der Waals surface area contributed by atoms with E-state index in [-0.39, 0.29) is 0 Å². The van der Waals surface area contributed by atoms with Crippen molar-refractivity contribution in [2.45, 2.75) is 13.0 Å². The van der Waals surface area contributed by atoms with Crippen LogP contribution in [0.4, 0.5) is 5.82 Å². The first-order chi connectivity index (χ1) is 6.34. The van der Waals surface area contributed by atoms with Crippen LogP contribution in [0.5, 0.6) is 0 Å². The summed E-state index contributed by atoms with van der Waals surface area (Å²) in [6.07, 6.45) is 2.93. The molecule has 2 rings (SSSR count). The zero-order valence-electron chi connectivity index (χ0n) is 7.18. The van der Waals surface area contributed by atoms with Crippen molar-refractivity contribution in [3.8, 4) is 0 Å². The highest BCUT2D eigenvalue weighted by atomic mass is 32.1.